The topological polar surface area (TPSA) is 0 Å². The van der Waals surface area contributed by atoms with E-state index in [0.29, 0.717) is 5.41 Å². The Balaban J connectivity index is 2.30. The van der Waals surface area contributed by atoms with Crippen LogP contribution < -0.4 is 0 Å². The summed E-state index contributed by atoms with van der Waals surface area (Å²) in [6.07, 6.45) is 5.57. The number of hydrogen-bond donors (Lipinski definition) is 0. The van der Waals surface area contributed by atoms with Gasteiger partial charge in [-0.2, -0.15) is 0 Å². The molecule has 2 atom stereocenters. The maximum atomic E-state index is 2.44. The van der Waals surface area contributed by atoms with E-state index in [4.69, 9.17) is 0 Å². The second kappa shape index (κ2) is 3.76. The fourth-order valence-corrected chi connectivity index (χ4v) is 2.76. The normalized spacial score (nSPS) is 32.9. The highest BCUT2D eigenvalue weighted by atomic mass is 14.4. The molecule has 1 aliphatic rings. The lowest BCUT2D eigenvalue weighted by Crippen LogP contribution is -2.33. The zero-order chi connectivity index (χ0) is 10.0. The van der Waals surface area contributed by atoms with Crippen LogP contribution in [0.5, 0.6) is 0 Å². The molecule has 0 heterocycles. The van der Waals surface area contributed by atoms with E-state index >= 15 is 0 Å². The molecule has 1 saturated carbocycles. The van der Waals surface area contributed by atoms with Gasteiger partial charge in [0, 0.05) is 0 Å². The Morgan fingerprint density at radius 2 is 1.86 bits per heavy atom. The fraction of sp³-hybridized carbons (Fsp3) is 0.571. The van der Waals surface area contributed by atoms with Gasteiger partial charge in [0.2, 0.25) is 0 Å². The zero-order valence-electron chi connectivity index (χ0n) is 9.29. The van der Waals surface area contributed by atoms with Gasteiger partial charge in [-0.25, -0.2) is 0 Å². The van der Waals surface area contributed by atoms with Crippen molar-refractivity contribution in [2.75, 3.05) is 0 Å². The molecule has 0 saturated heterocycles. The lowest BCUT2D eigenvalue weighted by atomic mass is 9.64. The molecular weight excluding hydrogens is 168 g/mol. The molecule has 1 aliphatic carbocycles. The van der Waals surface area contributed by atoms with Gasteiger partial charge < -0.3 is 0 Å². The average molecular weight is 188 g/mol. The van der Waals surface area contributed by atoms with Crippen LogP contribution in [0.1, 0.15) is 45.1 Å². The largest absolute Gasteiger partial charge is 0.0622 e. The minimum Gasteiger partial charge on any atom is -0.0622 e. The molecule has 0 heteroatoms. The van der Waals surface area contributed by atoms with Crippen LogP contribution in [-0.4, -0.2) is 0 Å². The SMILES string of the molecule is CC1CCCCC1(C)c1ccccc1. The Kier molecular flexibility index (Phi) is 2.62. The van der Waals surface area contributed by atoms with Gasteiger partial charge in [0.15, 0.2) is 0 Å². The first-order valence-electron chi connectivity index (χ1n) is 5.79. The minimum absolute atomic E-state index is 0.430. The molecule has 14 heavy (non-hydrogen) atoms. The lowest BCUT2D eigenvalue weighted by Gasteiger charge is -2.40. The Hall–Kier alpha value is -0.780. The van der Waals surface area contributed by atoms with Crippen LogP contribution in [0.3, 0.4) is 0 Å². The van der Waals surface area contributed by atoms with E-state index in [0.717, 1.165) is 5.92 Å². The van der Waals surface area contributed by atoms with Gasteiger partial charge in [-0.1, -0.05) is 57.0 Å². The summed E-state index contributed by atoms with van der Waals surface area (Å²) in [6.45, 7) is 4.85. The highest BCUT2D eigenvalue weighted by molar-refractivity contribution is 5.25. The summed E-state index contributed by atoms with van der Waals surface area (Å²) >= 11 is 0. The van der Waals surface area contributed by atoms with Crippen LogP contribution in [0.4, 0.5) is 0 Å². The first kappa shape index (κ1) is 9.76. The molecule has 1 aromatic rings. The fourth-order valence-electron chi connectivity index (χ4n) is 2.76. The second-order valence-electron chi connectivity index (χ2n) is 4.93. The zero-order valence-corrected chi connectivity index (χ0v) is 9.29. The van der Waals surface area contributed by atoms with E-state index in [9.17, 15) is 0 Å². The second-order valence-corrected chi connectivity index (χ2v) is 4.93. The Bertz CT molecular complexity index is 288. The molecule has 0 amide bonds. The molecular formula is C14H20. The van der Waals surface area contributed by atoms with Crippen LogP contribution in [-0.2, 0) is 5.41 Å². The molecule has 0 aliphatic heterocycles. The lowest BCUT2D eigenvalue weighted by molar-refractivity contribution is 0.221. The third-order valence-corrected chi connectivity index (χ3v) is 4.10. The van der Waals surface area contributed by atoms with Crippen LogP contribution >= 0.6 is 0 Å². The summed E-state index contributed by atoms with van der Waals surface area (Å²) in [5.41, 5.74) is 1.96. The molecule has 0 nitrogen and oxygen atoms in total. The van der Waals surface area contributed by atoms with Crippen molar-refractivity contribution in [2.24, 2.45) is 5.92 Å². The number of benzene rings is 1. The van der Waals surface area contributed by atoms with Gasteiger partial charge in [0.1, 0.15) is 0 Å². The number of rotatable bonds is 1. The molecule has 2 rings (SSSR count). The standard InChI is InChI=1S/C14H20/c1-12-8-6-7-11-14(12,2)13-9-4-3-5-10-13/h3-5,9-10,12H,6-8,11H2,1-2H3. The average Bonchev–Trinajstić information content (AvgIpc) is 2.24. The van der Waals surface area contributed by atoms with Crippen molar-refractivity contribution in [3.05, 3.63) is 35.9 Å². The van der Waals surface area contributed by atoms with Crippen molar-refractivity contribution in [3.63, 3.8) is 0 Å². The van der Waals surface area contributed by atoms with Crippen LogP contribution in [0.2, 0.25) is 0 Å². The first-order valence-corrected chi connectivity index (χ1v) is 5.79. The van der Waals surface area contributed by atoms with Crippen LogP contribution in [0.25, 0.3) is 0 Å². The molecule has 1 fully saturated rings. The molecule has 0 radical (unpaired) electrons. The smallest absolute Gasteiger partial charge is 0.00497 e. The Labute approximate surface area is 87.3 Å². The molecule has 0 bridgehead atoms. The van der Waals surface area contributed by atoms with Gasteiger partial charge in [0.25, 0.3) is 0 Å². The van der Waals surface area contributed by atoms with E-state index < -0.39 is 0 Å². The predicted octanol–water partition coefficient (Wildman–Crippen LogP) is 4.15. The van der Waals surface area contributed by atoms with E-state index in [1.165, 1.54) is 31.2 Å². The van der Waals surface area contributed by atoms with Crippen molar-refractivity contribution in [2.45, 2.75) is 44.9 Å². The van der Waals surface area contributed by atoms with Crippen molar-refractivity contribution in [3.8, 4) is 0 Å². The highest BCUT2D eigenvalue weighted by Gasteiger charge is 2.34. The van der Waals surface area contributed by atoms with E-state index in [-0.39, 0.29) is 0 Å². The first-order chi connectivity index (χ1) is 6.73. The van der Waals surface area contributed by atoms with Crippen molar-refractivity contribution >= 4 is 0 Å². The third-order valence-electron chi connectivity index (χ3n) is 4.10. The minimum atomic E-state index is 0.430. The quantitative estimate of drug-likeness (QED) is 0.621. The van der Waals surface area contributed by atoms with Crippen LogP contribution in [0.15, 0.2) is 30.3 Å². The number of hydrogen-bond acceptors (Lipinski definition) is 0. The van der Waals surface area contributed by atoms with Crippen molar-refractivity contribution in [1.82, 2.24) is 0 Å². The summed E-state index contributed by atoms with van der Waals surface area (Å²) in [4.78, 5) is 0. The third kappa shape index (κ3) is 1.58. The van der Waals surface area contributed by atoms with E-state index in [1.54, 1.807) is 0 Å². The monoisotopic (exact) mass is 188 g/mol. The van der Waals surface area contributed by atoms with Gasteiger partial charge >= 0.3 is 0 Å². The summed E-state index contributed by atoms with van der Waals surface area (Å²) < 4.78 is 0. The maximum absolute atomic E-state index is 2.44. The van der Waals surface area contributed by atoms with Gasteiger partial charge in [0.05, 0.1) is 0 Å². The summed E-state index contributed by atoms with van der Waals surface area (Å²) in [6, 6.07) is 11.0. The molecule has 76 valence electrons. The van der Waals surface area contributed by atoms with Crippen molar-refractivity contribution in [1.29, 1.82) is 0 Å². The van der Waals surface area contributed by atoms with E-state index in [2.05, 4.69) is 44.2 Å². The van der Waals surface area contributed by atoms with Crippen LogP contribution in [0, 0.1) is 5.92 Å². The van der Waals surface area contributed by atoms with Crippen molar-refractivity contribution < 1.29 is 0 Å². The molecule has 0 N–H and O–H groups in total. The summed E-state index contributed by atoms with van der Waals surface area (Å²) in [7, 11) is 0. The molecule has 0 aromatic heterocycles. The Morgan fingerprint density at radius 3 is 2.50 bits per heavy atom. The highest BCUT2D eigenvalue weighted by Crippen LogP contribution is 2.42. The van der Waals surface area contributed by atoms with Gasteiger partial charge in [-0.15, -0.1) is 0 Å². The summed E-state index contributed by atoms with van der Waals surface area (Å²) in [5.74, 6) is 0.832. The Morgan fingerprint density at radius 1 is 1.14 bits per heavy atom. The van der Waals surface area contributed by atoms with Gasteiger partial charge in [-0.3, -0.25) is 0 Å². The predicted molar refractivity (Wildman–Crippen MR) is 61.4 cm³/mol. The maximum Gasteiger partial charge on any atom is -0.00497 e. The molecule has 0 spiro atoms. The molecule has 1 aromatic carbocycles. The van der Waals surface area contributed by atoms with E-state index in [1.807, 2.05) is 0 Å². The van der Waals surface area contributed by atoms with Gasteiger partial charge in [-0.05, 0) is 29.7 Å². The molecule has 2 unspecified atom stereocenters. The summed E-state index contributed by atoms with van der Waals surface area (Å²) in [5, 5.41) is 0.